The normalized spacial score (nSPS) is 18.7. The molecule has 1 aromatic carbocycles. The summed E-state index contributed by atoms with van der Waals surface area (Å²) in [6, 6.07) is 6.58. The summed E-state index contributed by atoms with van der Waals surface area (Å²) in [7, 11) is 0. The molecule has 1 saturated heterocycles. The third-order valence-electron chi connectivity index (χ3n) is 4.55. The summed E-state index contributed by atoms with van der Waals surface area (Å²) in [4.78, 5) is 17.0. The lowest BCUT2D eigenvalue weighted by molar-refractivity contribution is -0.135. The number of piperidine rings is 1. The van der Waals surface area contributed by atoms with Crippen molar-refractivity contribution in [2.45, 2.75) is 40.5 Å². The number of benzene rings is 1. The maximum Gasteiger partial charge on any atom is 0.227 e. The van der Waals surface area contributed by atoms with Crippen molar-refractivity contribution in [3.63, 3.8) is 0 Å². The van der Waals surface area contributed by atoms with E-state index in [9.17, 15) is 4.79 Å². The molecule has 3 nitrogen and oxygen atoms in total. The Morgan fingerprint density at radius 1 is 1.29 bits per heavy atom. The van der Waals surface area contributed by atoms with Crippen LogP contribution in [0.3, 0.4) is 0 Å². The average Bonchev–Trinajstić information content (AvgIpc) is 2.51. The number of hydrogen-bond donors (Lipinski definition) is 0. The Morgan fingerprint density at radius 3 is 2.67 bits per heavy atom. The highest BCUT2D eigenvalue weighted by Crippen LogP contribution is 2.27. The molecule has 116 valence electrons. The lowest BCUT2D eigenvalue weighted by Gasteiger charge is -2.36. The number of carbonyl (C=O) groups is 1. The first-order chi connectivity index (χ1) is 10.1. The molecule has 0 radical (unpaired) electrons. The van der Waals surface area contributed by atoms with Crippen LogP contribution in [-0.2, 0) is 4.79 Å². The predicted molar refractivity (Wildman–Crippen MR) is 88.8 cm³/mol. The van der Waals surface area contributed by atoms with Crippen molar-refractivity contribution in [3.05, 3.63) is 29.3 Å². The molecule has 0 aromatic heterocycles. The third-order valence-corrected chi connectivity index (χ3v) is 4.55. The number of hydrogen-bond acceptors (Lipinski definition) is 2. The van der Waals surface area contributed by atoms with E-state index in [4.69, 9.17) is 0 Å². The zero-order valence-electron chi connectivity index (χ0n) is 13.9. The smallest absolute Gasteiger partial charge is 0.227 e. The van der Waals surface area contributed by atoms with Gasteiger partial charge in [0.1, 0.15) is 0 Å². The minimum absolute atomic E-state index is 0.151. The monoisotopic (exact) mass is 288 g/mol. The van der Waals surface area contributed by atoms with Crippen LogP contribution < -0.4 is 4.90 Å². The van der Waals surface area contributed by atoms with Gasteiger partial charge in [-0.3, -0.25) is 4.79 Å². The van der Waals surface area contributed by atoms with E-state index in [1.54, 1.807) is 0 Å². The molecule has 1 heterocycles. The molecule has 0 bridgehead atoms. The van der Waals surface area contributed by atoms with E-state index in [1.807, 2.05) is 4.90 Å². The Balaban J connectivity index is 2.13. The average molecular weight is 288 g/mol. The van der Waals surface area contributed by atoms with E-state index in [2.05, 4.69) is 50.8 Å². The van der Waals surface area contributed by atoms with Gasteiger partial charge in [0.15, 0.2) is 0 Å². The van der Waals surface area contributed by atoms with Gasteiger partial charge in [-0.15, -0.1) is 0 Å². The molecule has 1 unspecified atom stereocenters. The second-order valence-electron chi connectivity index (χ2n) is 6.09. The predicted octanol–water partition coefficient (Wildman–Crippen LogP) is 3.39. The summed E-state index contributed by atoms with van der Waals surface area (Å²) in [6.45, 7) is 12.0. The van der Waals surface area contributed by atoms with Gasteiger partial charge < -0.3 is 9.80 Å². The molecule has 0 saturated carbocycles. The zero-order chi connectivity index (χ0) is 15.4. The van der Waals surface area contributed by atoms with Gasteiger partial charge in [-0.2, -0.15) is 0 Å². The SMILES string of the molecule is CCN(CC)C(=O)C1CCCN(c2cc(C)ccc2C)C1. The summed E-state index contributed by atoms with van der Waals surface area (Å²) in [6.07, 6.45) is 2.13. The zero-order valence-corrected chi connectivity index (χ0v) is 13.9. The van der Waals surface area contributed by atoms with Crippen LogP contribution >= 0.6 is 0 Å². The molecule has 1 amide bonds. The van der Waals surface area contributed by atoms with Crippen molar-refractivity contribution < 1.29 is 4.79 Å². The largest absolute Gasteiger partial charge is 0.371 e. The second kappa shape index (κ2) is 6.97. The van der Waals surface area contributed by atoms with Crippen LogP contribution in [0.5, 0.6) is 0 Å². The summed E-state index contributed by atoms with van der Waals surface area (Å²) < 4.78 is 0. The lowest BCUT2D eigenvalue weighted by atomic mass is 9.95. The van der Waals surface area contributed by atoms with Crippen LogP contribution in [0.1, 0.15) is 37.8 Å². The molecule has 1 fully saturated rings. The minimum atomic E-state index is 0.151. The first kappa shape index (κ1) is 15.9. The van der Waals surface area contributed by atoms with Gasteiger partial charge in [0.05, 0.1) is 5.92 Å². The van der Waals surface area contributed by atoms with Gasteiger partial charge in [-0.05, 0) is 57.7 Å². The van der Waals surface area contributed by atoms with Crippen molar-refractivity contribution in [3.8, 4) is 0 Å². The number of rotatable bonds is 4. The van der Waals surface area contributed by atoms with Crippen molar-refractivity contribution >= 4 is 11.6 Å². The van der Waals surface area contributed by atoms with Gasteiger partial charge >= 0.3 is 0 Å². The van der Waals surface area contributed by atoms with Crippen LogP contribution in [-0.4, -0.2) is 37.0 Å². The molecular formula is C18H28N2O. The standard InChI is InChI=1S/C18H28N2O/c1-5-19(6-2)18(21)16-8-7-11-20(13-16)17-12-14(3)9-10-15(17)4/h9-10,12,16H,5-8,11,13H2,1-4H3. The van der Waals surface area contributed by atoms with Crippen LogP contribution in [0.4, 0.5) is 5.69 Å². The maximum absolute atomic E-state index is 12.6. The van der Waals surface area contributed by atoms with Gasteiger partial charge in [0.2, 0.25) is 5.91 Å². The van der Waals surface area contributed by atoms with Gasteiger partial charge in [-0.25, -0.2) is 0 Å². The van der Waals surface area contributed by atoms with Gasteiger partial charge in [0.25, 0.3) is 0 Å². The molecular weight excluding hydrogens is 260 g/mol. The minimum Gasteiger partial charge on any atom is -0.371 e. The molecule has 1 aliphatic heterocycles. The number of aryl methyl sites for hydroxylation is 2. The summed E-state index contributed by atoms with van der Waals surface area (Å²) in [5.74, 6) is 0.480. The Kier molecular flexibility index (Phi) is 5.27. The molecule has 1 aromatic rings. The highest BCUT2D eigenvalue weighted by atomic mass is 16.2. The number of nitrogens with zero attached hydrogens (tertiary/aromatic N) is 2. The number of carbonyl (C=O) groups excluding carboxylic acids is 1. The third kappa shape index (κ3) is 3.58. The van der Waals surface area contributed by atoms with Crippen molar-refractivity contribution in [1.82, 2.24) is 4.90 Å². The first-order valence-corrected chi connectivity index (χ1v) is 8.17. The Morgan fingerprint density at radius 2 is 2.00 bits per heavy atom. The molecule has 0 N–H and O–H groups in total. The Bertz CT molecular complexity index is 494. The maximum atomic E-state index is 12.6. The van der Waals surface area contributed by atoms with Crippen LogP contribution in [0.2, 0.25) is 0 Å². The highest BCUT2D eigenvalue weighted by Gasteiger charge is 2.28. The fraction of sp³-hybridized carbons (Fsp3) is 0.611. The molecule has 3 heteroatoms. The van der Waals surface area contributed by atoms with Crippen molar-refractivity contribution in [2.24, 2.45) is 5.92 Å². The van der Waals surface area contributed by atoms with Crippen LogP contribution in [0, 0.1) is 19.8 Å². The molecule has 21 heavy (non-hydrogen) atoms. The molecule has 2 rings (SSSR count). The van der Waals surface area contributed by atoms with E-state index in [-0.39, 0.29) is 5.92 Å². The van der Waals surface area contributed by atoms with E-state index < -0.39 is 0 Å². The van der Waals surface area contributed by atoms with Crippen molar-refractivity contribution in [2.75, 3.05) is 31.1 Å². The van der Waals surface area contributed by atoms with E-state index >= 15 is 0 Å². The molecule has 0 aliphatic carbocycles. The Hall–Kier alpha value is -1.51. The topological polar surface area (TPSA) is 23.6 Å². The summed E-state index contributed by atoms with van der Waals surface area (Å²) >= 11 is 0. The highest BCUT2D eigenvalue weighted by molar-refractivity contribution is 5.80. The van der Waals surface area contributed by atoms with Gasteiger partial charge in [-0.1, -0.05) is 12.1 Å². The number of anilines is 1. The fourth-order valence-corrected chi connectivity index (χ4v) is 3.25. The lowest BCUT2D eigenvalue weighted by Crippen LogP contribution is -2.45. The van der Waals surface area contributed by atoms with E-state index in [0.29, 0.717) is 5.91 Å². The first-order valence-electron chi connectivity index (χ1n) is 8.17. The summed E-state index contributed by atoms with van der Waals surface area (Å²) in [5.41, 5.74) is 3.89. The van der Waals surface area contributed by atoms with Crippen LogP contribution in [0.25, 0.3) is 0 Å². The Labute approximate surface area is 128 Å². The molecule has 0 spiro atoms. The van der Waals surface area contributed by atoms with E-state index in [0.717, 1.165) is 39.0 Å². The molecule has 1 atom stereocenters. The molecule has 1 aliphatic rings. The van der Waals surface area contributed by atoms with Crippen LogP contribution in [0.15, 0.2) is 18.2 Å². The van der Waals surface area contributed by atoms with Crippen molar-refractivity contribution in [1.29, 1.82) is 0 Å². The fourth-order valence-electron chi connectivity index (χ4n) is 3.25. The number of amides is 1. The van der Waals surface area contributed by atoms with E-state index in [1.165, 1.54) is 16.8 Å². The second-order valence-corrected chi connectivity index (χ2v) is 6.09. The van der Waals surface area contributed by atoms with Gasteiger partial charge in [0, 0.05) is 31.9 Å². The summed E-state index contributed by atoms with van der Waals surface area (Å²) in [5, 5.41) is 0. The quantitative estimate of drug-likeness (QED) is 0.848.